The van der Waals surface area contributed by atoms with Gasteiger partial charge in [-0.1, -0.05) is 64.8 Å². The number of aromatic nitrogens is 3. The van der Waals surface area contributed by atoms with Crippen LogP contribution in [0.25, 0.3) is 16.6 Å². The average Bonchev–Trinajstić information content (AvgIpc) is 2.75. The highest BCUT2D eigenvalue weighted by Gasteiger charge is 2.17. The van der Waals surface area contributed by atoms with Gasteiger partial charge in [0.25, 0.3) is 5.56 Å². The molecule has 32 heavy (non-hydrogen) atoms. The van der Waals surface area contributed by atoms with Gasteiger partial charge >= 0.3 is 0 Å². The van der Waals surface area contributed by atoms with Crippen LogP contribution in [0.3, 0.4) is 0 Å². The maximum absolute atomic E-state index is 13.4. The van der Waals surface area contributed by atoms with Crippen molar-refractivity contribution in [3.8, 4) is 5.69 Å². The van der Waals surface area contributed by atoms with E-state index in [0.29, 0.717) is 21.1 Å². The van der Waals surface area contributed by atoms with Crippen molar-refractivity contribution in [3.63, 3.8) is 0 Å². The molecule has 0 saturated heterocycles. The Balaban J connectivity index is 1.69. The molecule has 0 bridgehead atoms. The molecule has 6 nitrogen and oxygen atoms in total. The van der Waals surface area contributed by atoms with Gasteiger partial charge in [0.1, 0.15) is 0 Å². The van der Waals surface area contributed by atoms with Gasteiger partial charge in [-0.05, 0) is 43.7 Å². The van der Waals surface area contributed by atoms with Crippen molar-refractivity contribution in [2.75, 3.05) is 11.1 Å². The van der Waals surface area contributed by atoms with Crippen molar-refractivity contribution in [1.82, 2.24) is 14.5 Å². The summed E-state index contributed by atoms with van der Waals surface area (Å²) in [6, 6.07) is 14.5. The van der Waals surface area contributed by atoms with Gasteiger partial charge in [0.15, 0.2) is 11.0 Å². The van der Waals surface area contributed by atoms with E-state index in [1.165, 1.54) is 12.3 Å². The third-order valence-electron chi connectivity index (χ3n) is 4.74. The van der Waals surface area contributed by atoms with Crippen LogP contribution in [0.2, 0.25) is 10.0 Å². The lowest BCUT2D eigenvalue weighted by Gasteiger charge is -2.15. The lowest BCUT2D eigenvalue weighted by molar-refractivity contribution is -0.113. The highest BCUT2D eigenvalue weighted by atomic mass is 35.5. The van der Waals surface area contributed by atoms with E-state index in [1.54, 1.807) is 22.8 Å². The molecular weight excluding hydrogens is 467 g/mol. The van der Waals surface area contributed by atoms with E-state index in [2.05, 4.69) is 15.3 Å². The third kappa shape index (κ3) is 4.65. The van der Waals surface area contributed by atoms with Crippen LogP contribution in [0.15, 0.2) is 64.7 Å². The molecule has 2 heterocycles. The van der Waals surface area contributed by atoms with Crippen LogP contribution in [0, 0.1) is 13.8 Å². The Kier molecular flexibility index (Phi) is 6.50. The fourth-order valence-electron chi connectivity index (χ4n) is 3.28. The molecule has 162 valence electrons. The van der Waals surface area contributed by atoms with Gasteiger partial charge in [-0.3, -0.25) is 14.2 Å². The molecule has 0 aliphatic rings. The number of nitrogens with zero attached hydrogens (tertiary/aromatic N) is 3. The molecule has 4 aromatic rings. The largest absolute Gasteiger partial charge is 0.309 e. The van der Waals surface area contributed by atoms with Crippen LogP contribution in [-0.4, -0.2) is 26.2 Å². The number of carbonyl (C=O) groups excluding carboxylic acids is 1. The zero-order valence-corrected chi connectivity index (χ0v) is 19.6. The first-order valence-corrected chi connectivity index (χ1v) is 11.4. The van der Waals surface area contributed by atoms with Crippen LogP contribution >= 0.6 is 35.0 Å². The van der Waals surface area contributed by atoms with E-state index >= 15 is 0 Å². The normalized spacial score (nSPS) is 11.0. The lowest BCUT2D eigenvalue weighted by atomic mass is 10.1. The number of anilines is 1. The van der Waals surface area contributed by atoms with Gasteiger partial charge in [-0.15, -0.1) is 0 Å². The second-order valence-corrected chi connectivity index (χ2v) is 8.95. The number of rotatable bonds is 5. The first-order chi connectivity index (χ1) is 15.3. The monoisotopic (exact) mass is 484 g/mol. The topological polar surface area (TPSA) is 76.9 Å². The Morgan fingerprint density at radius 3 is 2.66 bits per heavy atom. The van der Waals surface area contributed by atoms with Gasteiger partial charge < -0.3 is 5.32 Å². The number of thioether (sulfide) groups is 1. The molecule has 0 atom stereocenters. The predicted octanol–water partition coefficient (Wildman–Crippen LogP) is 5.44. The number of carbonyl (C=O) groups is 1. The summed E-state index contributed by atoms with van der Waals surface area (Å²) < 4.78 is 1.56. The number of hydrogen-bond donors (Lipinski definition) is 1. The van der Waals surface area contributed by atoms with Gasteiger partial charge in [0.05, 0.1) is 32.4 Å². The SMILES string of the molecule is Cc1ccc(-n2c(SCC(=O)Nc3ncc(Cl)cc3Cl)nc3ccccc3c2=O)c(C)c1. The Labute approximate surface area is 198 Å². The third-order valence-corrected chi connectivity index (χ3v) is 6.17. The minimum atomic E-state index is -0.332. The van der Waals surface area contributed by atoms with Crippen molar-refractivity contribution in [2.45, 2.75) is 19.0 Å². The smallest absolute Gasteiger partial charge is 0.266 e. The Hall–Kier alpha value is -2.87. The molecule has 1 N–H and O–H groups in total. The van der Waals surface area contributed by atoms with E-state index in [-0.39, 0.29) is 28.1 Å². The molecule has 0 saturated carbocycles. The summed E-state index contributed by atoms with van der Waals surface area (Å²) in [5.74, 6) is -0.0997. The van der Waals surface area contributed by atoms with E-state index in [0.717, 1.165) is 28.6 Å². The quantitative estimate of drug-likeness (QED) is 0.301. The number of para-hydroxylation sites is 1. The number of amides is 1. The van der Waals surface area contributed by atoms with E-state index in [1.807, 2.05) is 38.1 Å². The highest BCUT2D eigenvalue weighted by Crippen LogP contribution is 2.25. The van der Waals surface area contributed by atoms with Gasteiger partial charge in [-0.25, -0.2) is 9.97 Å². The second-order valence-electron chi connectivity index (χ2n) is 7.16. The van der Waals surface area contributed by atoms with Crippen LogP contribution < -0.4 is 10.9 Å². The van der Waals surface area contributed by atoms with E-state index in [9.17, 15) is 9.59 Å². The molecule has 0 radical (unpaired) electrons. The van der Waals surface area contributed by atoms with Crippen molar-refractivity contribution in [1.29, 1.82) is 0 Å². The first kappa shape index (κ1) is 22.3. The fourth-order valence-corrected chi connectivity index (χ4v) is 4.52. The molecule has 0 unspecified atom stereocenters. The first-order valence-electron chi connectivity index (χ1n) is 9.66. The maximum atomic E-state index is 13.4. The van der Waals surface area contributed by atoms with Gasteiger partial charge in [-0.2, -0.15) is 0 Å². The van der Waals surface area contributed by atoms with Gasteiger partial charge in [0, 0.05) is 6.20 Å². The summed E-state index contributed by atoms with van der Waals surface area (Å²) in [7, 11) is 0. The second kappa shape index (κ2) is 9.32. The summed E-state index contributed by atoms with van der Waals surface area (Å²) in [4.78, 5) is 34.6. The minimum Gasteiger partial charge on any atom is -0.309 e. The molecule has 1 amide bonds. The molecule has 4 rings (SSSR count). The van der Waals surface area contributed by atoms with Crippen molar-refractivity contribution in [2.24, 2.45) is 0 Å². The lowest BCUT2D eigenvalue weighted by Crippen LogP contribution is -2.23. The number of fused-ring (bicyclic) bond motifs is 1. The Bertz CT molecular complexity index is 1400. The molecule has 0 aliphatic heterocycles. The summed E-state index contributed by atoms with van der Waals surface area (Å²) in [5, 5.41) is 4.21. The molecule has 0 spiro atoms. The molecule has 2 aromatic carbocycles. The fraction of sp³-hybridized carbons (Fsp3) is 0.130. The summed E-state index contributed by atoms with van der Waals surface area (Å²) in [6.07, 6.45) is 1.40. The molecule has 0 fully saturated rings. The molecular formula is C23H18Cl2N4O2S. The van der Waals surface area contributed by atoms with Crippen LogP contribution in [0.1, 0.15) is 11.1 Å². The molecule has 9 heteroatoms. The average molecular weight is 485 g/mol. The number of nitrogens with one attached hydrogen (secondary N) is 1. The zero-order chi connectivity index (χ0) is 22.8. The highest BCUT2D eigenvalue weighted by molar-refractivity contribution is 7.99. The summed E-state index contributed by atoms with van der Waals surface area (Å²) in [5.41, 5.74) is 3.14. The molecule has 2 aromatic heterocycles. The van der Waals surface area contributed by atoms with Crippen molar-refractivity contribution >= 4 is 57.6 Å². The number of benzene rings is 2. The number of halogens is 2. The van der Waals surface area contributed by atoms with Crippen LogP contribution in [0.4, 0.5) is 5.82 Å². The van der Waals surface area contributed by atoms with Crippen LogP contribution in [-0.2, 0) is 4.79 Å². The summed E-state index contributed by atoms with van der Waals surface area (Å²) in [6.45, 7) is 3.94. The predicted molar refractivity (Wildman–Crippen MR) is 130 cm³/mol. The van der Waals surface area contributed by atoms with Crippen LogP contribution in [0.5, 0.6) is 0 Å². The van der Waals surface area contributed by atoms with E-state index in [4.69, 9.17) is 23.2 Å². The maximum Gasteiger partial charge on any atom is 0.266 e. The van der Waals surface area contributed by atoms with Gasteiger partial charge in [0.2, 0.25) is 5.91 Å². The standard InChI is InChI=1S/C23H18Cl2N4O2S/c1-13-7-8-19(14(2)9-13)29-22(31)16-5-3-4-6-18(16)27-23(29)32-12-20(30)28-21-17(25)10-15(24)11-26-21/h3-11H,12H2,1-2H3,(H,26,28,30). The number of aryl methyl sites for hydroxylation is 2. The molecule has 0 aliphatic carbocycles. The van der Waals surface area contributed by atoms with Crippen molar-refractivity contribution in [3.05, 3.63) is 86.3 Å². The number of hydrogen-bond acceptors (Lipinski definition) is 5. The number of pyridine rings is 1. The zero-order valence-electron chi connectivity index (χ0n) is 17.2. The van der Waals surface area contributed by atoms with Crippen molar-refractivity contribution < 1.29 is 4.79 Å². The minimum absolute atomic E-state index is 0.0102. The Morgan fingerprint density at radius 2 is 1.91 bits per heavy atom. The summed E-state index contributed by atoms with van der Waals surface area (Å²) >= 11 is 13.1. The van der Waals surface area contributed by atoms with E-state index < -0.39 is 0 Å². The Morgan fingerprint density at radius 1 is 1.12 bits per heavy atom.